The molecule has 15 heavy (non-hydrogen) atoms. The number of carbonyl (C=O) groups is 1. The van der Waals surface area contributed by atoms with Gasteiger partial charge in [0.05, 0.1) is 0 Å². The molecular weight excluding hydrogens is 212 g/mol. The van der Waals surface area contributed by atoms with E-state index in [2.05, 4.69) is 10.2 Å². The van der Waals surface area contributed by atoms with Crippen molar-refractivity contribution in [2.45, 2.75) is 38.0 Å². The molecule has 0 spiro atoms. The van der Waals surface area contributed by atoms with E-state index >= 15 is 0 Å². The molecule has 1 fully saturated rings. The van der Waals surface area contributed by atoms with Crippen LogP contribution in [0.15, 0.2) is 0 Å². The fourth-order valence-electron chi connectivity index (χ4n) is 1.84. The summed E-state index contributed by atoms with van der Waals surface area (Å²) in [5, 5.41) is 2.41. The Hall–Kier alpha value is -0.280. The topological polar surface area (TPSA) is 32.3 Å². The standard InChI is InChI=1S/C11H21ClN2O/c1-10(12)11(15)13-6-5-9-14-7-3-2-4-8-14/h10H,2-9H2,1H3,(H,13,15). The highest BCUT2D eigenvalue weighted by atomic mass is 35.5. The van der Waals surface area contributed by atoms with Crippen molar-refractivity contribution in [3.63, 3.8) is 0 Å². The lowest BCUT2D eigenvalue weighted by Crippen LogP contribution is -2.35. The molecule has 0 aromatic heterocycles. The number of nitrogens with one attached hydrogen (secondary N) is 1. The predicted octanol–water partition coefficient (Wildman–Crippen LogP) is 1.61. The smallest absolute Gasteiger partial charge is 0.237 e. The first-order valence-electron chi connectivity index (χ1n) is 5.84. The van der Waals surface area contributed by atoms with E-state index in [9.17, 15) is 4.79 Å². The molecule has 4 heteroatoms. The van der Waals surface area contributed by atoms with Crippen molar-refractivity contribution >= 4 is 17.5 Å². The molecule has 0 bridgehead atoms. The van der Waals surface area contributed by atoms with Crippen molar-refractivity contribution < 1.29 is 4.79 Å². The molecule has 1 rings (SSSR count). The summed E-state index contributed by atoms with van der Waals surface area (Å²) in [5.74, 6) is -0.0599. The molecule has 1 unspecified atom stereocenters. The van der Waals surface area contributed by atoms with Gasteiger partial charge in [0.15, 0.2) is 0 Å². The first kappa shape index (κ1) is 12.8. The summed E-state index contributed by atoms with van der Waals surface area (Å²) in [6.07, 6.45) is 5.04. The van der Waals surface area contributed by atoms with Gasteiger partial charge in [0.25, 0.3) is 0 Å². The Labute approximate surface area is 97.2 Å². The number of carbonyl (C=O) groups excluding carboxylic acids is 1. The van der Waals surface area contributed by atoms with Gasteiger partial charge in [-0.2, -0.15) is 0 Å². The van der Waals surface area contributed by atoms with Crippen LogP contribution in [0.2, 0.25) is 0 Å². The van der Waals surface area contributed by atoms with E-state index in [0.717, 1.165) is 19.5 Å². The Morgan fingerprint density at radius 2 is 2.07 bits per heavy atom. The van der Waals surface area contributed by atoms with E-state index in [1.165, 1.54) is 32.4 Å². The summed E-state index contributed by atoms with van der Waals surface area (Å²) in [6, 6.07) is 0. The number of nitrogens with zero attached hydrogens (tertiary/aromatic N) is 1. The van der Waals surface area contributed by atoms with Gasteiger partial charge in [-0.1, -0.05) is 6.42 Å². The number of likely N-dealkylation sites (tertiary alicyclic amines) is 1. The molecule has 0 radical (unpaired) electrons. The Morgan fingerprint density at radius 1 is 1.40 bits per heavy atom. The lowest BCUT2D eigenvalue weighted by molar-refractivity contribution is -0.120. The number of halogens is 1. The third-order valence-electron chi connectivity index (χ3n) is 2.76. The fourth-order valence-corrected chi connectivity index (χ4v) is 1.92. The van der Waals surface area contributed by atoms with E-state index in [1.807, 2.05) is 0 Å². The highest BCUT2D eigenvalue weighted by Crippen LogP contribution is 2.08. The minimum atomic E-state index is -0.417. The summed E-state index contributed by atoms with van der Waals surface area (Å²) in [6.45, 7) is 5.98. The molecule has 1 saturated heterocycles. The second-order valence-corrected chi connectivity index (χ2v) is 4.82. The van der Waals surface area contributed by atoms with Crippen LogP contribution in [-0.2, 0) is 4.79 Å². The fraction of sp³-hybridized carbons (Fsp3) is 0.909. The Morgan fingerprint density at radius 3 is 2.67 bits per heavy atom. The largest absolute Gasteiger partial charge is 0.355 e. The predicted molar refractivity (Wildman–Crippen MR) is 63.2 cm³/mol. The van der Waals surface area contributed by atoms with Crippen molar-refractivity contribution in [2.24, 2.45) is 0 Å². The highest BCUT2D eigenvalue weighted by molar-refractivity contribution is 6.30. The number of hydrogen-bond donors (Lipinski definition) is 1. The minimum absolute atomic E-state index is 0.0599. The molecule has 0 aromatic rings. The molecule has 0 aromatic carbocycles. The first-order valence-corrected chi connectivity index (χ1v) is 6.28. The van der Waals surface area contributed by atoms with Gasteiger partial charge < -0.3 is 10.2 Å². The number of amides is 1. The molecular formula is C11H21ClN2O. The van der Waals surface area contributed by atoms with Gasteiger partial charge in [0.1, 0.15) is 5.38 Å². The average molecular weight is 233 g/mol. The van der Waals surface area contributed by atoms with Crippen LogP contribution in [0.25, 0.3) is 0 Å². The van der Waals surface area contributed by atoms with Crippen molar-refractivity contribution in [3.05, 3.63) is 0 Å². The van der Waals surface area contributed by atoms with Crippen LogP contribution >= 0.6 is 11.6 Å². The molecule has 0 saturated carbocycles. The summed E-state index contributed by atoms with van der Waals surface area (Å²) >= 11 is 5.63. The Balaban J connectivity index is 1.98. The van der Waals surface area contributed by atoms with Crippen LogP contribution in [0, 0.1) is 0 Å². The molecule has 1 aliphatic heterocycles. The van der Waals surface area contributed by atoms with Crippen LogP contribution in [0.5, 0.6) is 0 Å². The normalized spacial score (nSPS) is 19.9. The van der Waals surface area contributed by atoms with Crippen LogP contribution in [0.1, 0.15) is 32.6 Å². The monoisotopic (exact) mass is 232 g/mol. The zero-order valence-corrected chi connectivity index (χ0v) is 10.2. The van der Waals surface area contributed by atoms with Crippen molar-refractivity contribution in [2.75, 3.05) is 26.2 Å². The van der Waals surface area contributed by atoms with Crippen LogP contribution in [-0.4, -0.2) is 42.4 Å². The van der Waals surface area contributed by atoms with Gasteiger partial charge in [-0.15, -0.1) is 11.6 Å². The summed E-state index contributed by atoms with van der Waals surface area (Å²) in [7, 11) is 0. The molecule has 1 heterocycles. The number of rotatable bonds is 5. The summed E-state index contributed by atoms with van der Waals surface area (Å²) in [5.41, 5.74) is 0. The quantitative estimate of drug-likeness (QED) is 0.577. The van der Waals surface area contributed by atoms with Crippen LogP contribution in [0.3, 0.4) is 0 Å². The molecule has 1 atom stereocenters. The minimum Gasteiger partial charge on any atom is -0.355 e. The van der Waals surface area contributed by atoms with Crippen LogP contribution in [0.4, 0.5) is 0 Å². The maximum Gasteiger partial charge on any atom is 0.237 e. The van der Waals surface area contributed by atoms with E-state index in [1.54, 1.807) is 6.92 Å². The molecule has 1 amide bonds. The summed E-state index contributed by atoms with van der Waals surface area (Å²) < 4.78 is 0. The first-order chi connectivity index (χ1) is 7.20. The second kappa shape index (κ2) is 7.07. The maximum absolute atomic E-state index is 11.1. The molecule has 0 aliphatic carbocycles. The number of hydrogen-bond acceptors (Lipinski definition) is 2. The molecule has 1 N–H and O–H groups in total. The van der Waals surface area contributed by atoms with E-state index in [0.29, 0.717) is 0 Å². The average Bonchev–Trinajstić information content (AvgIpc) is 2.25. The SMILES string of the molecule is CC(Cl)C(=O)NCCCN1CCCCC1. The van der Waals surface area contributed by atoms with E-state index < -0.39 is 5.38 Å². The summed E-state index contributed by atoms with van der Waals surface area (Å²) in [4.78, 5) is 13.6. The van der Waals surface area contributed by atoms with E-state index in [4.69, 9.17) is 11.6 Å². The van der Waals surface area contributed by atoms with Crippen molar-refractivity contribution in [1.29, 1.82) is 0 Å². The Bertz CT molecular complexity index is 191. The molecule has 88 valence electrons. The van der Waals surface area contributed by atoms with Gasteiger partial charge in [0.2, 0.25) is 5.91 Å². The van der Waals surface area contributed by atoms with Gasteiger partial charge in [-0.05, 0) is 45.8 Å². The molecule has 3 nitrogen and oxygen atoms in total. The Kier molecular flexibility index (Phi) is 6.03. The molecule has 1 aliphatic rings. The zero-order chi connectivity index (χ0) is 11.1. The third kappa shape index (κ3) is 5.38. The number of piperidine rings is 1. The third-order valence-corrected chi connectivity index (χ3v) is 2.96. The van der Waals surface area contributed by atoms with Gasteiger partial charge in [-0.3, -0.25) is 4.79 Å². The maximum atomic E-state index is 11.1. The van der Waals surface area contributed by atoms with Crippen molar-refractivity contribution in [1.82, 2.24) is 10.2 Å². The highest BCUT2D eigenvalue weighted by Gasteiger charge is 2.10. The van der Waals surface area contributed by atoms with E-state index in [-0.39, 0.29) is 5.91 Å². The zero-order valence-electron chi connectivity index (χ0n) is 9.47. The van der Waals surface area contributed by atoms with Gasteiger partial charge in [-0.25, -0.2) is 0 Å². The van der Waals surface area contributed by atoms with Crippen molar-refractivity contribution in [3.8, 4) is 0 Å². The lowest BCUT2D eigenvalue weighted by atomic mass is 10.1. The second-order valence-electron chi connectivity index (χ2n) is 4.16. The van der Waals surface area contributed by atoms with Crippen LogP contribution < -0.4 is 5.32 Å². The lowest BCUT2D eigenvalue weighted by Gasteiger charge is -2.26. The van der Waals surface area contributed by atoms with Gasteiger partial charge >= 0.3 is 0 Å². The number of alkyl halides is 1. The van der Waals surface area contributed by atoms with Gasteiger partial charge in [0, 0.05) is 6.54 Å².